The number of nitrogens with zero attached hydrogens (tertiary/aromatic N) is 2. The first kappa shape index (κ1) is 22.4. The molecular formula is C35H31FIrN2S-2. The van der Waals surface area contributed by atoms with E-state index < -0.39 is 19.5 Å². The molecular weight excluding hydrogens is 692 g/mol. The Balaban J connectivity index is 0.000000207. The van der Waals surface area contributed by atoms with Crippen LogP contribution in [-0.2, 0) is 26.5 Å². The summed E-state index contributed by atoms with van der Waals surface area (Å²) in [6.45, 7) is 1.74. The smallest absolute Gasteiger partial charge is 0.0379 e. The molecule has 0 fully saturated rings. The van der Waals surface area contributed by atoms with E-state index in [1.165, 1.54) is 43.9 Å². The van der Waals surface area contributed by atoms with Crippen molar-refractivity contribution >= 4 is 31.5 Å². The molecule has 0 saturated heterocycles. The van der Waals surface area contributed by atoms with Crippen molar-refractivity contribution in [2.24, 2.45) is 5.41 Å². The molecule has 1 radical (unpaired) electrons. The van der Waals surface area contributed by atoms with Gasteiger partial charge in [-0.05, 0) is 59.2 Å². The van der Waals surface area contributed by atoms with Crippen LogP contribution in [0.4, 0.5) is 4.39 Å². The Morgan fingerprint density at radius 3 is 2.40 bits per heavy atom. The van der Waals surface area contributed by atoms with E-state index in [-0.39, 0.29) is 42.3 Å². The van der Waals surface area contributed by atoms with E-state index in [9.17, 15) is 4.39 Å². The van der Waals surface area contributed by atoms with Crippen LogP contribution >= 0.6 is 11.3 Å². The van der Waals surface area contributed by atoms with E-state index in [1.54, 1.807) is 0 Å². The fourth-order valence-electron chi connectivity index (χ4n) is 4.39. The second kappa shape index (κ2) is 12.5. The molecule has 0 saturated carbocycles. The molecule has 0 spiro atoms. The van der Waals surface area contributed by atoms with E-state index in [0.717, 1.165) is 29.9 Å². The Hall–Kier alpha value is -3.24. The first-order valence-electron chi connectivity index (χ1n) is 15.6. The molecule has 3 aromatic heterocycles. The maximum Gasteiger partial charge on any atom is 0.0379 e. The molecule has 0 atom stereocenters. The molecule has 0 bridgehead atoms. The predicted molar refractivity (Wildman–Crippen MR) is 162 cm³/mol. The van der Waals surface area contributed by atoms with Gasteiger partial charge in [-0.1, -0.05) is 50.6 Å². The number of thiophene rings is 1. The molecule has 5 heteroatoms. The average Bonchev–Trinajstić information content (AvgIpc) is 3.37. The molecule has 6 rings (SSSR count). The van der Waals surface area contributed by atoms with Crippen molar-refractivity contribution < 1.29 is 32.7 Å². The zero-order chi connectivity index (χ0) is 32.6. The topological polar surface area (TPSA) is 25.8 Å². The summed E-state index contributed by atoms with van der Waals surface area (Å²) >= 11 is 1.87. The average molecular weight is 729 g/mol. The summed E-state index contributed by atoms with van der Waals surface area (Å²) in [6, 6.07) is 27.7. The third-order valence-electron chi connectivity index (χ3n) is 6.14. The number of benzene rings is 3. The van der Waals surface area contributed by atoms with Crippen molar-refractivity contribution in [3.05, 3.63) is 120 Å². The molecule has 0 N–H and O–H groups in total. The maximum atomic E-state index is 12.9. The zero-order valence-corrected chi connectivity index (χ0v) is 25.5. The summed E-state index contributed by atoms with van der Waals surface area (Å²) in [5.41, 5.74) is 3.83. The van der Waals surface area contributed by atoms with Crippen LogP contribution in [0.25, 0.3) is 42.7 Å². The summed E-state index contributed by atoms with van der Waals surface area (Å²) < 4.78 is 60.1. The van der Waals surface area contributed by atoms with Crippen LogP contribution in [0.1, 0.15) is 45.7 Å². The number of rotatable bonds is 3. The SMILES string of the molecule is CC(C)(C)Cc1cccc2c1sc1c(-c3[c-]cccc3)nccc12.[2H]C([2H])([2H])c1cnc(-c2[c-]cc(F)cc2)cc1C([2H])([2H])[2H].[Ir]. The summed E-state index contributed by atoms with van der Waals surface area (Å²) in [5.74, 6) is -0.478. The van der Waals surface area contributed by atoms with Gasteiger partial charge in [-0.15, -0.1) is 77.1 Å². The normalized spacial score (nSPS) is 14.0. The van der Waals surface area contributed by atoms with E-state index in [2.05, 4.69) is 73.2 Å². The second-order valence-electron chi connectivity index (χ2n) is 10.5. The number of fused-ring (bicyclic) bond motifs is 3. The van der Waals surface area contributed by atoms with Crippen molar-refractivity contribution in [2.75, 3.05) is 0 Å². The zero-order valence-electron chi connectivity index (χ0n) is 28.3. The van der Waals surface area contributed by atoms with Crippen LogP contribution in [-0.4, -0.2) is 9.97 Å². The van der Waals surface area contributed by atoms with Gasteiger partial charge < -0.3 is 9.97 Å². The number of pyridine rings is 2. The minimum absolute atomic E-state index is 0. The van der Waals surface area contributed by atoms with Gasteiger partial charge in [-0.25, -0.2) is 0 Å². The fraction of sp³-hybridized carbons (Fsp3) is 0.200. The molecule has 0 amide bonds. The number of hydrogen-bond acceptors (Lipinski definition) is 3. The predicted octanol–water partition coefficient (Wildman–Crippen LogP) is 9.81. The number of aromatic nitrogens is 2. The number of halogens is 1. The number of hydrogen-bond donors (Lipinski definition) is 0. The molecule has 3 heterocycles. The van der Waals surface area contributed by atoms with Crippen LogP contribution < -0.4 is 0 Å². The first-order chi connectivity index (χ1) is 21.1. The molecule has 205 valence electrons. The van der Waals surface area contributed by atoms with Crippen molar-refractivity contribution in [1.82, 2.24) is 9.97 Å². The van der Waals surface area contributed by atoms with Crippen LogP contribution in [0.2, 0.25) is 0 Å². The molecule has 0 unspecified atom stereocenters. The molecule has 3 aromatic carbocycles. The summed E-state index contributed by atoms with van der Waals surface area (Å²) in [7, 11) is 0. The Kier molecular flexibility index (Phi) is 7.02. The van der Waals surface area contributed by atoms with Gasteiger partial charge >= 0.3 is 0 Å². The molecule has 0 aliphatic heterocycles. The van der Waals surface area contributed by atoms with Crippen LogP contribution in [0, 0.1) is 37.1 Å². The van der Waals surface area contributed by atoms with Crippen molar-refractivity contribution in [3.8, 4) is 22.5 Å². The molecule has 0 aliphatic carbocycles. The summed E-state index contributed by atoms with van der Waals surface area (Å²) in [6.07, 6.45) is 4.03. The first-order valence-corrected chi connectivity index (χ1v) is 13.4. The third-order valence-corrected chi connectivity index (χ3v) is 7.44. The van der Waals surface area contributed by atoms with E-state index in [1.807, 2.05) is 35.7 Å². The minimum Gasteiger partial charge on any atom is -0.304 e. The van der Waals surface area contributed by atoms with Gasteiger partial charge in [0.25, 0.3) is 0 Å². The monoisotopic (exact) mass is 729 g/mol. The minimum atomic E-state index is -2.58. The van der Waals surface area contributed by atoms with Crippen LogP contribution in [0.15, 0.2) is 85.2 Å². The largest absolute Gasteiger partial charge is 0.304 e. The molecule has 40 heavy (non-hydrogen) atoms. The quantitative estimate of drug-likeness (QED) is 0.170. The molecule has 6 aromatic rings. The maximum absolute atomic E-state index is 12.9. The van der Waals surface area contributed by atoms with Gasteiger partial charge in [0.15, 0.2) is 0 Å². The van der Waals surface area contributed by atoms with Crippen molar-refractivity contribution in [2.45, 2.75) is 40.9 Å². The van der Waals surface area contributed by atoms with Gasteiger partial charge in [0.05, 0.1) is 0 Å². The van der Waals surface area contributed by atoms with Gasteiger partial charge in [0, 0.05) is 61.6 Å². The fourth-order valence-corrected chi connectivity index (χ4v) is 5.70. The molecule has 2 nitrogen and oxygen atoms in total. The Morgan fingerprint density at radius 2 is 1.70 bits per heavy atom. The van der Waals surface area contributed by atoms with E-state index in [4.69, 9.17) is 8.22 Å². The van der Waals surface area contributed by atoms with Crippen LogP contribution in [0.5, 0.6) is 0 Å². The van der Waals surface area contributed by atoms with Crippen molar-refractivity contribution in [3.63, 3.8) is 0 Å². The number of aryl methyl sites for hydroxylation is 2. The van der Waals surface area contributed by atoms with Crippen molar-refractivity contribution in [1.29, 1.82) is 0 Å². The molecule has 0 aliphatic rings. The van der Waals surface area contributed by atoms with Gasteiger partial charge in [0.2, 0.25) is 0 Å². The summed E-state index contributed by atoms with van der Waals surface area (Å²) in [4.78, 5) is 8.61. The Bertz CT molecular complexity index is 1950. The Morgan fingerprint density at radius 1 is 0.875 bits per heavy atom. The van der Waals surface area contributed by atoms with E-state index >= 15 is 0 Å². The van der Waals surface area contributed by atoms with Gasteiger partial charge in [-0.3, -0.25) is 4.39 Å². The summed E-state index contributed by atoms with van der Waals surface area (Å²) in [5, 5.41) is 2.64. The Labute approximate surface area is 262 Å². The van der Waals surface area contributed by atoms with Crippen LogP contribution in [0.3, 0.4) is 0 Å². The van der Waals surface area contributed by atoms with Gasteiger partial charge in [-0.2, -0.15) is 0 Å². The standard InChI is InChI=1S/C22H20NS.C13H11FN.Ir/c1-22(2,3)14-16-10-7-11-17-18-12-13-23-19(21(18)24-20(16)17)15-8-5-4-6-9-15;1-9-7-13(15-8-10(9)2)11-3-5-12(14)6-4-11;/h4-8,10-13H,14H2,1-3H3;3,5-8H,1-2H3;/q2*-1;/i;1D3,2D3;. The van der Waals surface area contributed by atoms with E-state index in [0.29, 0.717) is 5.56 Å². The second-order valence-corrected chi connectivity index (χ2v) is 11.5. The van der Waals surface area contributed by atoms with Gasteiger partial charge in [0.1, 0.15) is 0 Å². The third kappa shape index (κ3) is 6.72.